The van der Waals surface area contributed by atoms with Crippen LogP contribution in [0.5, 0.6) is 0 Å². The second-order valence-corrected chi connectivity index (χ2v) is 5.83. The lowest BCUT2D eigenvalue weighted by Gasteiger charge is -2.02. The first-order valence-electron chi connectivity index (χ1n) is 7.99. The number of esters is 1. The van der Waals surface area contributed by atoms with Crippen LogP contribution in [0.3, 0.4) is 0 Å². The molecule has 0 aliphatic heterocycles. The fourth-order valence-corrected chi connectivity index (χ4v) is 2.75. The smallest absolute Gasteiger partial charge is 0.337 e. The van der Waals surface area contributed by atoms with Crippen LogP contribution < -0.4 is 5.56 Å². The Labute approximate surface area is 152 Å². The van der Waals surface area contributed by atoms with Gasteiger partial charge >= 0.3 is 5.97 Å². The van der Waals surface area contributed by atoms with Gasteiger partial charge in [-0.25, -0.2) is 13.9 Å². The number of pyridine rings is 1. The van der Waals surface area contributed by atoms with E-state index in [1.807, 2.05) is 0 Å². The fourth-order valence-electron chi connectivity index (χ4n) is 2.75. The molecule has 0 saturated carbocycles. The van der Waals surface area contributed by atoms with E-state index in [2.05, 4.69) is 20.0 Å². The van der Waals surface area contributed by atoms with Crippen LogP contribution >= 0.6 is 0 Å². The number of halogens is 1. The van der Waals surface area contributed by atoms with Crippen molar-refractivity contribution in [3.8, 4) is 16.9 Å². The van der Waals surface area contributed by atoms with Gasteiger partial charge in [-0.15, -0.1) is 5.10 Å². The lowest BCUT2D eigenvalue weighted by molar-refractivity contribution is 0.0600. The van der Waals surface area contributed by atoms with Crippen LogP contribution in [0.15, 0.2) is 59.5 Å². The van der Waals surface area contributed by atoms with Crippen LogP contribution in [0.1, 0.15) is 10.4 Å². The highest BCUT2D eigenvalue weighted by atomic mass is 19.1. The highest BCUT2D eigenvalue weighted by Gasteiger charge is 2.12. The molecule has 1 N–H and O–H groups in total. The van der Waals surface area contributed by atoms with Crippen molar-refractivity contribution in [1.29, 1.82) is 0 Å². The molecule has 0 saturated heterocycles. The quantitative estimate of drug-likeness (QED) is 0.565. The minimum absolute atomic E-state index is 0.283. The molecule has 7 nitrogen and oxygen atoms in total. The molecule has 0 bridgehead atoms. The van der Waals surface area contributed by atoms with Crippen molar-refractivity contribution in [2.75, 3.05) is 7.11 Å². The van der Waals surface area contributed by atoms with Gasteiger partial charge in [0.05, 0.1) is 30.1 Å². The van der Waals surface area contributed by atoms with Crippen molar-refractivity contribution in [2.45, 2.75) is 0 Å². The second kappa shape index (κ2) is 6.49. The van der Waals surface area contributed by atoms with E-state index in [4.69, 9.17) is 0 Å². The lowest BCUT2D eigenvalue weighted by atomic mass is 10.1. The number of hydrogen-bond donors (Lipinski definition) is 1. The molecule has 134 valence electrons. The van der Waals surface area contributed by atoms with Crippen LogP contribution in [-0.2, 0) is 4.74 Å². The Hall–Kier alpha value is -3.81. The number of nitrogens with one attached hydrogen (secondary N) is 1. The summed E-state index contributed by atoms with van der Waals surface area (Å²) in [5.41, 5.74) is 1.89. The SMILES string of the molecule is COC(=O)c1ccc(-n2cc(-c3cc4cc(F)ccc4[nH]c3=O)nn2)cc1. The van der Waals surface area contributed by atoms with E-state index in [9.17, 15) is 14.0 Å². The molecule has 2 heterocycles. The van der Waals surface area contributed by atoms with Gasteiger partial charge in [-0.05, 0) is 48.5 Å². The summed E-state index contributed by atoms with van der Waals surface area (Å²) in [6.07, 6.45) is 1.59. The van der Waals surface area contributed by atoms with Crippen LogP contribution in [0.4, 0.5) is 4.39 Å². The molecule has 0 aliphatic rings. The molecular formula is C19H13FN4O3. The number of H-pyrrole nitrogens is 1. The van der Waals surface area contributed by atoms with Crippen molar-refractivity contribution >= 4 is 16.9 Å². The number of fused-ring (bicyclic) bond motifs is 1. The predicted octanol–water partition coefficient (Wildman–Crippen LogP) is 2.70. The van der Waals surface area contributed by atoms with Crippen molar-refractivity contribution in [3.05, 3.63) is 76.5 Å². The van der Waals surface area contributed by atoms with Crippen LogP contribution in [0.2, 0.25) is 0 Å². The summed E-state index contributed by atoms with van der Waals surface area (Å²) in [5.74, 6) is -0.828. The maximum absolute atomic E-state index is 13.5. The topological polar surface area (TPSA) is 89.9 Å². The molecule has 0 atom stereocenters. The maximum atomic E-state index is 13.5. The molecule has 0 amide bonds. The number of benzene rings is 2. The summed E-state index contributed by atoms with van der Waals surface area (Å²) < 4.78 is 19.6. The third-order valence-corrected chi connectivity index (χ3v) is 4.13. The minimum Gasteiger partial charge on any atom is -0.465 e. The Kier molecular flexibility index (Phi) is 4.00. The number of aromatic nitrogens is 4. The predicted molar refractivity (Wildman–Crippen MR) is 96.2 cm³/mol. The number of rotatable bonds is 3. The first-order valence-corrected chi connectivity index (χ1v) is 7.99. The summed E-state index contributed by atoms with van der Waals surface area (Å²) in [4.78, 5) is 26.5. The number of ether oxygens (including phenoxy) is 1. The van der Waals surface area contributed by atoms with Crippen molar-refractivity contribution in [3.63, 3.8) is 0 Å². The van der Waals surface area contributed by atoms with E-state index in [-0.39, 0.29) is 11.1 Å². The van der Waals surface area contributed by atoms with Crippen LogP contribution in [0.25, 0.3) is 27.8 Å². The molecule has 0 fully saturated rings. The Bertz CT molecular complexity index is 1210. The third kappa shape index (κ3) is 3.08. The van der Waals surface area contributed by atoms with E-state index in [1.165, 1.54) is 30.0 Å². The number of hydrogen-bond acceptors (Lipinski definition) is 5. The van der Waals surface area contributed by atoms with E-state index < -0.39 is 11.8 Å². The Balaban J connectivity index is 1.72. The summed E-state index contributed by atoms with van der Waals surface area (Å²) in [5, 5.41) is 8.61. The van der Waals surface area contributed by atoms with E-state index in [1.54, 1.807) is 36.5 Å². The zero-order chi connectivity index (χ0) is 19.0. The average molecular weight is 364 g/mol. The molecule has 0 radical (unpaired) electrons. The van der Waals surface area contributed by atoms with Crippen molar-refractivity contribution in [1.82, 2.24) is 20.0 Å². The van der Waals surface area contributed by atoms with Crippen LogP contribution in [-0.4, -0.2) is 33.1 Å². The summed E-state index contributed by atoms with van der Waals surface area (Å²) in [6, 6.07) is 12.3. The third-order valence-electron chi connectivity index (χ3n) is 4.13. The zero-order valence-corrected chi connectivity index (χ0v) is 14.1. The van der Waals surface area contributed by atoms with Gasteiger partial charge < -0.3 is 9.72 Å². The summed E-state index contributed by atoms with van der Waals surface area (Å²) >= 11 is 0. The van der Waals surface area contributed by atoms with E-state index in [0.717, 1.165) is 0 Å². The first kappa shape index (κ1) is 16.6. The molecule has 2 aromatic carbocycles. The largest absolute Gasteiger partial charge is 0.465 e. The molecule has 4 rings (SSSR count). The molecular weight excluding hydrogens is 351 g/mol. The number of carbonyl (C=O) groups excluding carboxylic acids is 1. The number of aromatic amines is 1. The van der Waals surface area contributed by atoms with Gasteiger partial charge in [-0.2, -0.15) is 0 Å². The van der Waals surface area contributed by atoms with Gasteiger partial charge in [0, 0.05) is 10.9 Å². The molecule has 0 aliphatic carbocycles. The highest BCUT2D eigenvalue weighted by Crippen LogP contribution is 2.19. The van der Waals surface area contributed by atoms with E-state index >= 15 is 0 Å². The van der Waals surface area contributed by atoms with Gasteiger partial charge in [0.1, 0.15) is 11.5 Å². The number of nitrogens with zero attached hydrogens (tertiary/aromatic N) is 3. The van der Waals surface area contributed by atoms with Gasteiger partial charge in [0.15, 0.2) is 0 Å². The van der Waals surface area contributed by atoms with Crippen molar-refractivity contribution in [2.24, 2.45) is 0 Å². The van der Waals surface area contributed by atoms with Gasteiger partial charge in [-0.3, -0.25) is 4.79 Å². The van der Waals surface area contributed by atoms with Crippen molar-refractivity contribution < 1.29 is 13.9 Å². The van der Waals surface area contributed by atoms with Gasteiger partial charge in [-0.1, -0.05) is 5.21 Å². The minimum atomic E-state index is -0.434. The summed E-state index contributed by atoms with van der Waals surface area (Å²) in [7, 11) is 1.31. The van der Waals surface area contributed by atoms with E-state index in [0.29, 0.717) is 27.8 Å². The van der Waals surface area contributed by atoms with Gasteiger partial charge in [0.2, 0.25) is 0 Å². The molecule has 0 spiro atoms. The zero-order valence-electron chi connectivity index (χ0n) is 14.1. The molecule has 0 unspecified atom stereocenters. The Morgan fingerprint density at radius 3 is 2.67 bits per heavy atom. The first-order chi connectivity index (χ1) is 13.0. The van der Waals surface area contributed by atoms with Gasteiger partial charge in [0.25, 0.3) is 5.56 Å². The highest BCUT2D eigenvalue weighted by molar-refractivity contribution is 5.89. The second-order valence-electron chi connectivity index (χ2n) is 5.83. The Morgan fingerprint density at radius 2 is 1.93 bits per heavy atom. The normalized spacial score (nSPS) is 10.9. The molecule has 4 aromatic rings. The lowest BCUT2D eigenvalue weighted by Crippen LogP contribution is -2.08. The van der Waals surface area contributed by atoms with Crippen LogP contribution in [0, 0.1) is 5.82 Å². The Morgan fingerprint density at radius 1 is 1.15 bits per heavy atom. The standard InChI is InChI=1S/C19H13FN4O3/c1-27-19(26)11-2-5-14(6-3-11)24-10-17(22-23-24)15-9-12-8-13(20)4-7-16(12)21-18(15)25/h2-10H,1H3,(H,21,25). The number of methoxy groups -OCH3 is 1. The molecule has 8 heteroatoms. The maximum Gasteiger partial charge on any atom is 0.337 e. The summed E-state index contributed by atoms with van der Waals surface area (Å²) in [6.45, 7) is 0. The monoisotopic (exact) mass is 364 g/mol. The molecule has 2 aromatic heterocycles. The fraction of sp³-hybridized carbons (Fsp3) is 0.0526. The average Bonchev–Trinajstić information content (AvgIpc) is 3.17. The molecule has 27 heavy (non-hydrogen) atoms. The number of carbonyl (C=O) groups is 1.